The second kappa shape index (κ2) is 5.77. The first kappa shape index (κ1) is 14.1. The van der Waals surface area contributed by atoms with Crippen LogP contribution in [0.4, 0.5) is 14.9 Å². The highest BCUT2D eigenvalue weighted by Gasteiger charge is 2.13. The lowest BCUT2D eigenvalue weighted by atomic mass is 10.2. The van der Waals surface area contributed by atoms with E-state index in [4.69, 9.17) is 4.42 Å². The molecule has 0 fully saturated rings. The van der Waals surface area contributed by atoms with Gasteiger partial charge in [-0.3, -0.25) is 0 Å². The Hall–Kier alpha value is -2.30. The predicted molar refractivity (Wildman–Crippen MR) is 75.2 cm³/mol. The number of benzene rings is 1. The molecule has 1 aromatic carbocycles. The quantitative estimate of drug-likeness (QED) is 0.892. The highest BCUT2D eigenvalue weighted by atomic mass is 19.1. The molecule has 106 valence electrons. The van der Waals surface area contributed by atoms with E-state index in [9.17, 15) is 9.18 Å². The molecule has 0 saturated heterocycles. The van der Waals surface area contributed by atoms with Crippen LogP contribution in [0.25, 0.3) is 0 Å². The van der Waals surface area contributed by atoms with E-state index >= 15 is 0 Å². The second-order valence-corrected chi connectivity index (χ2v) is 4.73. The normalized spacial score (nSPS) is 12.0. The molecule has 5 heteroatoms. The van der Waals surface area contributed by atoms with Crippen molar-refractivity contribution in [3.63, 3.8) is 0 Å². The molecule has 0 radical (unpaired) electrons. The third-order valence-electron chi connectivity index (χ3n) is 2.97. The van der Waals surface area contributed by atoms with Crippen LogP contribution in [0.3, 0.4) is 0 Å². The third-order valence-corrected chi connectivity index (χ3v) is 2.97. The highest BCUT2D eigenvalue weighted by Crippen LogP contribution is 2.17. The van der Waals surface area contributed by atoms with Gasteiger partial charge in [-0.05, 0) is 50.6 Å². The van der Waals surface area contributed by atoms with Crippen LogP contribution < -0.4 is 10.6 Å². The van der Waals surface area contributed by atoms with Crippen molar-refractivity contribution in [2.75, 3.05) is 5.32 Å². The maximum Gasteiger partial charge on any atom is 0.319 e. The van der Waals surface area contributed by atoms with Crippen LogP contribution in [-0.4, -0.2) is 6.03 Å². The Labute approximate surface area is 117 Å². The molecule has 2 amide bonds. The number of aryl methyl sites for hydroxylation is 2. The maximum atomic E-state index is 13.4. The van der Waals surface area contributed by atoms with Gasteiger partial charge in [0.05, 0.1) is 6.04 Å². The molecule has 1 heterocycles. The average molecular weight is 276 g/mol. The molecular formula is C15H17FN2O2. The fraction of sp³-hybridized carbons (Fsp3) is 0.267. The minimum Gasteiger partial charge on any atom is -0.464 e. The molecule has 1 atom stereocenters. The number of halogens is 1. The van der Waals surface area contributed by atoms with Crippen LogP contribution in [0.15, 0.2) is 34.7 Å². The topological polar surface area (TPSA) is 54.3 Å². The fourth-order valence-electron chi connectivity index (χ4n) is 1.79. The molecule has 0 aliphatic heterocycles. The van der Waals surface area contributed by atoms with Gasteiger partial charge in [-0.2, -0.15) is 0 Å². The lowest BCUT2D eigenvalue weighted by Gasteiger charge is -2.13. The second-order valence-electron chi connectivity index (χ2n) is 4.73. The molecule has 0 aliphatic rings. The summed E-state index contributed by atoms with van der Waals surface area (Å²) in [7, 11) is 0. The Kier molecular flexibility index (Phi) is 4.08. The minimum absolute atomic E-state index is 0.265. The molecule has 1 aromatic heterocycles. The monoisotopic (exact) mass is 276 g/mol. The van der Waals surface area contributed by atoms with Crippen LogP contribution >= 0.6 is 0 Å². The number of anilines is 1. The molecule has 20 heavy (non-hydrogen) atoms. The first-order chi connectivity index (χ1) is 9.45. The van der Waals surface area contributed by atoms with Gasteiger partial charge in [0, 0.05) is 5.69 Å². The van der Waals surface area contributed by atoms with Crippen molar-refractivity contribution in [2.45, 2.75) is 26.8 Å². The molecule has 2 rings (SSSR count). The number of nitrogens with one attached hydrogen (secondary N) is 2. The third kappa shape index (κ3) is 3.38. The number of hydrogen-bond acceptors (Lipinski definition) is 2. The van der Waals surface area contributed by atoms with E-state index in [0.29, 0.717) is 17.0 Å². The van der Waals surface area contributed by atoms with E-state index in [0.717, 1.165) is 5.76 Å². The van der Waals surface area contributed by atoms with Crippen molar-refractivity contribution in [1.29, 1.82) is 0 Å². The molecule has 0 spiro atoms. The predicted octanol–water partition coefficient (Wildman–Crippen LogP) is 3.92. The van der Waals surface area contributed by atoms with E-state index in [-0.39, 0.29) is 11.9 Å². The molecule has 2 aromatic rings. The number of amides is 2. The lowest BCUT2D eigenvalue weighted by Crippen LogP contribution is -2.31. The maximum absolute atomic E-state index is 13.4. The summed E-state index contributed by atoms with van der Waals surface area (Å²) >= 11 is 0. The van der Waals surface area contributed by atoms with E-state index in [2.05, 4.69) is 10.6 Å². The number of furan rings is 1. The molecule has 0 aliphatic carbocycles. The van der Waals surface area contributed by atoms with Crippen molar-refractivity contribution in [1.82, 2.24) is 5.32 Å². The Morgan fingerprint density at radius 2 is 2.00 bits per heavy atom. The van der Waals surface area contributed by atoms with Gasteiger partial charge in [-0.25, -0.2) is 9.18 Å². The van der Waals surface area contributed by atoms with E-state index < -0.39 is 6.03 Å². The zero-order chi connectivity index (χ0) is 14.7. The lowest BCUT2D eigenvalue weighted by molar-refractivity contribution is 0.247. The van der Waals surface area contributed by atoms with Crippen molar-refractivity contribution in [3.05, 3.63) is 53.2 Å². The van der Waals surface area contributed by atoms with Gasteiger partial charge >= 0.3 is 6.03 Å². The molecule has 0 unspecified atom stereocenters. The van der Waals surface area contributed by atoms with Crippen LogP contribution in [0.1, 0.15) is 30.0 Å². The van der Waals surface area contributed by atoms with Crippen LogP contribution in [0.5, 0.6) is 0 Å². The zero-order valence-electron chi connectivity index (χ0n) is 11.7. The molecule has 2 N–H and O–H groups in total. The number of rotatable bonds is 3. The Morgan fingerprint density at radius 3 is 2.60 bits per heavy atom. The van der Waals surface area contributed by atoms with Gasteiger partial charge in [0.1, 0.15) is 17.3 Å². The first-order valence-corrected chi connectivity index (χ1v) is 6.35. The number of hydrogen-bond donors (Lipinski definition) is 2. The molecular weight excluding hydrogens is 259 g/mol. The summed E-state index contributed by atoms with van der Waals surface area (Å²) in [6.07, 6.45) is 0. The number of urea groups is 1. The Morgan fingerprint density at radius 1 is 1.25 bits per heavy atom. The zero-order valence-corrected chi connectivity index (χ0v) is 11.7. The highest BCUT2D eigenvalue weighted by molar-refractivity contribution is 5.89. The van der Waals surface area contributed by atoms with E-state index in [1.165, 1.54) is 6.07 Å². The van der Waals surface area contributed by atoms with Gasteiger partial charge in [-0.15, -0.1) is 0 Å². The Balaban J connectivity index is 1.96. The van der Waals surface area contributed by atoms with Gasteiger partial charge in [0.2, 0.25) is 0 Å². The summed E-state index contributed by atoms with van der Waals surface area (Å²) in [5.41, 5.74) is 0.948. The number of carbonyl (C=O) groups excluding carboxylic acids is 1. The molecule has 4 nitrogen and oxygen atoms in total. The number of carbonyl (C=O) groups is 1. The fourth-order valence-corrected chi connectivity index (χ4v) is 1.79. The minimum atomic E-state index is -0.408. The van der Waals surface area contributed by atoms with E-state index in [1.54, 1.807) is 19.1 Å². The summed E-state index contributed by atoms with van der Waals surface area (Å²) in [4.78, 5) is 11.8. The largest absolute Gasteiger partial charge is 0.464 e. The summed E-state index contributed by atoms with van der Waals surface area (Å²) in [6, 6.07) is 7.53. The summed E-state index contributed by atoms with van der Waals surface area (Å²) in [5, 5.41) is 5.31. The average Bonchev–Trinajstić information content (AvgIpc) is 2.80. The van der Waals surface area contributed by atoms with Crippen LogP contribution in [-0.2, 0) is 0 Å². The van der Waals surface area contributed by atoms with Crippen molar-refractivity contribution >= 4 is 11.7 Å². The van der Waals surface area contributed by atoms with Crippen molar-refractivity contribution in [3.8, 4) is 0 Å². The van der Waals surface area contributed by atoms with Gasteiger partial charge < -0.3 is 15.1 Å². The smallest absolute Gasteiger partial charge is 0.319 e. The SMILES string of the molecule is Cc1ccc([C@H](C)NC(=O)Nc2ccc(C)c(F)c2)o1. The van der Waals surface area contributed by atoms with Crippen LogP contribution in [0.2, 0.25) is 0 Å². The van der Waals surface area contributed by atoms with Gasteiger partial charge in [0.15, 0.2) is 0 Å². The van der Waals surface area contributed by atoms with Gasteiger partial charge in [0.25, 0.3) is 0 Å². The van der Waals surface area contributed by atoms with Gasteiger partial charge in [-0.1, -0.05) is 6.07 Å². The van der Waals surface area contributed by atoms with E-state index in [1.807, 2.05) is 26.0 Å². The standard InChI is InChI=1S/C15H17FN2O2/c1-9-4-6-12(8-13(9)16)18-15(19)17-11(3)14-7-5-10(2)20-14/h4-8,11H,1-3H3,(H2,17,18,19)/t11-/m0/s1. The first-order valence-electron chi connectivity index (χ1n) is 6.35. The Bertz CT molecular complexity index is 622. The van der Waals surface area contributed by atoms with Crippen molar-refractivity contribution in [2.24, 2.45) is 0 Å². The summed E-state index contributed by atoms with van der Waals surface area (Å²) < 4.78 is 18.8. The molecule has 0 bridgehead atoms. The molecule has 0 saturated carbocycles. The summed E-state index contributed by atoms with van der Waals surface area (Å²) in [6.45, 7) is 5.32. The van der Waals surface area contributed by atoms with Crippen LogP contribution in [0, 0.1) is 19.7 Å². The van der Waals surface area contributed by atoms with Crippen molar-refractivity contribution < 1.29 is 13.6 Å². The summed E-state index contributed by atoms with van der Waals surface area (Å²) in [5.74, 6) is 1.11.